The first-order valence-corrected chi connectivity index (χ1v) is 7.30. The lowest BCUT2D eigenvalue weighted by Gasteiger charge is -2.27. The van der Waals surface area contributed by atoms with Gasteiger partial charge in [-0.3, -0.25) is 0 Å². The lowest BCUT2D eigenvalue weighted by molar-refractivity contribution is -0.0173. The summed E-state index contributed by atoms with van der Waals surface area (Å²) in [6.45, 7) is 4.60. The first kappa shape index (κ1) is 13.7. The molecule has 1 aliphatic carbocycles. The van der Waals surface area contributed by atoms with Gasteiger partial charge in [-0.2, -0.15) is 0 Å². The minimum absolute atomic E-state index is 0.192. The minimum Gasteiger partial charge on any atom is -0.487 e. The van der Waals surface area contributed by atoms with E-state index in [0.29, 0.717) is 5.75 Å². The van der Waals surface area contributed by atoms with E-state index in [1.54, 1.807) is 0 Å². The number of para-hydroxylation sites is 1. The van der Waals surface area contributed by atoms with Crippen LogP contribution in [-0.2, 0) is 6.42 Å². The standard InChI is InChI=1S/C16H23NO3/c1-15(2)8-11-4-3-5-13(14(11)20-15)19-10-16(18,9-17)12-6-7-12/h3-5,12,18H,6-10,17H2,1-2H3. The monoisotopic (exact) mass is 277 g/mol. The van der Waals surface area contributed by atoms with Gasteiger partial charge in [0.15, 0.2) is 11.5 Å². The fourth-order valence-electron chi connectivity index (χ4n) is 2.87. The van der Waals surface area contributed by atoms with Crippen molar-refractivity contribution in [3.8, 4) is 11.5 Å². The Labute approximate surface area is 119 Å². The Hall–Kier alpha value is -1.26. The zero-order valence-electron chi connectivity index (χ0n) is 12.2. The molecule has 1 fully saturated rings. The molecule has 0 bridgehead atoms. The van der Waals surface area contributed by atoms with Crippen molar-refractivity contribution in [3.05, 3.63) is 23.8 Å². The molecular weight excluding hydrogens is 254 g/mol. The van der Waals surface area contributed by atoms with Gasteiger partial charge in [-0.25, -0.2) is 0 Å². The van der Waals surface area contributed by atoms with Crippen LogP contribution in [0.15, 0.2) is 18.2 Å². The molecule has 0 saturated heterocycles. The summed E-state index contributed by atoms with van der Waals surface area (Å²) < 4.78 is 11.8. The van der Waals surface area contributed by atoms with Crippen molar-refractivity contribution in [1.82, 2.24) is 0 Å². The van der Waals surface area contributed by atoms with E-state index in [9.17, 15) is 5.11 Å². The van der Waals surface area contributed by atoms with Crippen LogP contribution in [0.1, 0.15) is 32.3 Å². The van der Waals surface area contributed by atoms with Gasteiger partial charge in [-0.15, -0.1) is 0 Å². The molecule has 3 N–H and O–H groups in total. The predicted molar refractivity (Wildman–Crippen MR) is 77.1 cm³/mol. The van der Waals surface area contributed by atoms with E-state index < -0.39 is 5.60 Å². The van der Waals surface area contributed by atoms with Gasteiger partial charge in [-0.05, 0) is 38.7 Å². The summed E-state index contributed by atoms with van der Waals surface area (Å²) in [6, 6.07) is 5.93. The molecule has 2 aliphatic rings. The van der Waals surface area contributed by atoms with Crippen LogP contribution in [0.25, 0.3) is 0 Å². The average molecular weight is 277 g/mol. The molecule has 1 aromatic carbocycles. The molecule has 0 spiro atoms. The first-order valence-electron chi connectivity index (χ1n) is 7.30. The smallest absolute Gasteiger partial charge is 0.165 e. The van der Waals surface area contributed by atoms with Crippen molar-refractivity contribution in [1.29, 1.82) is 0 Å². The molecule has 1 unspecified atom stereocenters. The van der Waals surface area contributed by atoms with Crippen LogP contribution in [0.3, 0.4) is 0 Å². The largest absolute Gasteiger partial charge is 0.487 e. The predicted octanol–water partition coefficient (Wildman–Crippen LogP) is 1.88. The Morgan fingerprint density at radius 1 is 1.45 bits per heavy atom. The molecule has 1 atom stereocenters. The van der Waals surface area contributed by atoms with Crippen molar-refractivity contribution >= 4 is 0 Å². The molecule has 3 rings (SSSR count). The normalized spacial score (nSPS) is 22.8. The Morgan fingerprint density at radius 3 is 2.85 bits per heavy atom. The molecule has 110 valence electrons. The van der Waals surface area contributed by atoms with E-state index in [1.807, 2.05) is 12.1 Å². The van der Waals surface area contributed by atoms with Gasteiger partial charge in [-0.1, -0.05) is 12.1 Å². The van der Waals surface area contributed by atoms with Gasteiger partial charge in [0.25, 0.3) is 0 Å². The summed E-state index contributed by atoms with van der Waals surface area (Å²) in [5.74, 6) is 1.80. The third kappa shape index (κ3) is 2.50. The Bertz CT molecular complexity index is 510. The molecule has 0 aromatic heterocycles. The van der Waals surface area contributed by atoms with Crippen LogP contribution in [0.5, 0.6) is 11.5 Å². The molecule has 0 radical (unpaired) electrons. The number of nitrogens with two attached hydrogens (primary N) is 1. The van der Waals surface area contributed by atoms with Crippen LogP contribution in [-0.4, -0.2) is 29.5 Å². The van der Waals surface area contributed by atoms with E-state index in [0.717, 1.165) is 30.6 Å². The highest BCUT2D eigenvalue weighted by Gasteiger charge is 2.44. The van der Waals surface area contributed by atoms with Gasteiger partial charge in [0.1, 0.15) is 17.8 Å². The molecule has 1 heterocycles. The third-order valence-electron chi connectivity index (χ3n) is 4.22. The summed E-state index contributed by atoms with van der Waals surface area (Å²) in [5, 5.41) is 10.5. The van der Waals surface area contributed by atoms with Crippen LogP contribution in [0, 0.1) is 5.92 Å². The average Bonchev–Trinajstić information content (AvgIpc) is 3.19. The second-order valence-electron chi connectivity index (χ2n) is 6.65. The summed E-state index contributed by atoms with van der Waals surface area (Å²) >= 11 is 0. The van der Waals surface area contributed by atoms with E-state index in [2.05, 4.69) is 19.9 Å². The molecule has 4 nitrogen and oxygen atoms in total. The van der Waals surface area contributed by atoms with Crippen LogP contribution in [0.4, 0.5) is 0 Å². The zero-order valence-corrected chi connectivity index (χ0v) is 12.2. The minimum atomic E-state index is -0.906. The first-order chi connectivity index (χ1) is 9.43. The number of fused-ring (bicyclic) bond motifs is 1. The van der Waals surface area contributed by atoms with Gasteiger partial charge < -0.3 is 20.3 Å². The molecular formula is C16H23NO3. The highest BCUT2D eigenvalue weighted by atomic mass is 16.5. The van der Waals surface area contributed by atoms with Gasteiger partial charge in [0.05, 0.1) is 0 Å². The van der Waals surface area contributed by atoms with Crippen molar-refractivity contribution < 1.29 is 14.6 Å². The van der Waals surface area contributed by atoms with E-state index in [1.165, 1.54) is 0 Å². The van der Waals surface area contributed by atoms with Crippen molar-refractivity contribution in [2.45, 2.75) is 44.3 Å². The van der Waals surface area contributed by atoms with Gasteiger partial charge in [0, 0.05) is 18.5 Å². The van der Waals surface area contributed by atoms with Crippen LogP contribution < -0.4 is 15.2 Å². The molecule has 1 aliphatic heterocycles. The zero-order chi connectivity index (χ0) is 14.4. The SMILES string of the molecule is CC1(C)Cc2cccc(OCC(O)(CN)C3CC3)c2O1. The second kappa shape index (κ2) is 4.64. The maximum Gasteiger partial charge on any atom is 0.165 e. The fraction of sp³-hybridized carbons (Fsp3) is 0.625. The van der Waals surface area contributed by atoms with Crippen LogP contribution in [0.2, 0.25) is 0 Å². The summed E-state index contributed by atoms with van der Waals surface area (Å²) in [4.78, 5) is 0. The number of ether oxygens (including phenoxy) is 2. The molecule has 20 heavy (non-hydrogen) atoms. The van der Waals surface area contributed by atoms with E-state index in [-0.39, 0.29) is 24.7 Å². The van der Waals surface area contributed by atoms with Crippen LogP contribution >= 0.6 is 0 Å². The van der Waals surface area contributed by atoms with Crippen molar-refractivity contribution in [3.63, 3.8) is 0 Å². The number of hydrogen-bond acceptors (Lipinski definition) is 4. The summed E-state index contributed by atoms with van der Waals surface area (Å²) in [5.41, 5.74) is 5.77. The fourth-order valence-corrected chi connectivity index (χ4v) is 2.87. The Morgan fingerprint density at radius 2 is 2.20 bits per heavy atom. The maximum absolute atomic E-state index is 10.5. The number of aliphatic hydroxyl groups is 1. The lowest BCUT2D eigenvalue weighted by atomic mass is 9.99. The van der Waals surface area contributed by atoms with Crippen molar-refractivity contribution in [2.75, 3.05) is 13.2 Å². The highest BCUT2D eigenvalue weighted by molar-refractivity contribution is 5.50. The number of benzene rings is 1. The topological polar surface area (TPSA) is 64.7 Å². The molecule has 0 amide bonds. The summed E-state index contributed by atoms with van der Waals surface area (Å²) in [6.07, 6.45) is 2.95. The van der Waals surface area contributed by atoms with Gasteiger partial charge in [0.2, 0.25) is 0 Å². The Kier molecular flexibility index (Phi) is 3.18. The second-order valence-corrected chi connectivity index (χ2v) is 6.65. The lowest BCUT2D eigenvalue weighted by Crippen LogP contribution is -2.45. The Balaban J connectivity index is 1.75. The number of rotatable bonds is 5. The van der Waals surface area contributed by atoms with Gasteiger partial charge >= 0.3 is 0 Å². The highest BCUT2D eigenvalue weighted by Crippen LogP contribution is 2.43. The quantitative estimate of drug-likeness (QED) is 0.862. The van der Waals surface area contributed by atoms with E-state index in [4.69, 9.17) is 15.2 Å². The van der Waals surface area contributed by atoms with Crippen molar-refractivity contribution in [2.24, 2.45) is 11.7 Å². The number of hydrogen-bond donors (Lipinski definition) is 2. The van der Waals surface area contributed by atoms with E-state index >= 15 is 0 Å². The molecule has 4 heteroatoms. The molecule has 1 saturated carbocycles. The maximum atomic E-state index is 10.5. The molecule has 1 aromatic rings. The summed E-state index contributed by atoms with van der Waals surface area (Å²) in [7, 11) is 0. The third-order valence-corrected chi connectivity index (χ3v) is 4.22.